The molecule has 6 heteroatoms. The Morgan fingerprint density at radius 1 is 1.06 bits per heavy atom. The van der Waals surface area contributed by atoms with Crippen LogP contribution in [-0.4, -0.2) is 37.1 Å². The number of aryl methyl sites for hydroxylation is 1. The summed E-state index contributed by atoms with van der Waals surface area (Å²) in [7, 11) is 0. The molecule has 0 aliphatic carbocycles. The van der Waals surface area contributed by atoms with Gasteiger partial charge in [0.1, 0.15) is 13.2 Å². The largest absolute Gasteiger partial charge is 0.486 e. The van der Waals surface area contributed by atoms with Crippen molar-refractivity contribution < 1.29 is 14.3 Å². The highest BCUT2D eigenvalue weighted by Crippen LogP contribution is 2.32. The van der Waals surface area contributed by atoms with Crippen molar-refractivity contribution in [3.8, 4) is 11.5 Å². The zero-order chi connectivity index (χ0) is 21.8. The van der Waals surface area contributed by atoms with Crippen LogP contribution in [-0.2, 0) is 24.2 Å². The van der Waals surface area contributed by atoms with Gasteiger partial charge in [-0.2, -0.15) is 0 Å². The first-order valence-electron chi connectivity index (χ1n) is 11.3. The monoisotopic (exact) mass is 448 g/mol. The summed E-state index contributed by atoms with van der Waals surface area (Å²) in [6.45, 7) is 3.72. The summed E-state index contributed by atoms with van der Waals surface area (Å²) >= 11 is 1.85. The normalized spacial score (nSPS) is 16.2. The summed E-state index contributed by atoms with van der Waals surface area (Å²) in [5, 5.41) is 5.38. The molecule has 1 N–H and O–H groups in total. The van der Waals surface area contributed by atoms with Crippen LogP contribution in [0.4, 0.5) is 0 Å². The van der Waals surface area contributed by atoms with Crippen LogP contribution in [0.5, 0.6) is 11.5 Å². The third-order valence-electron chi connectivity index (χ3n) is 6.20. The van der Waals surface area contributed by atoms with Crippen molar-refractivity contribution in [1.82, 2.24) is 10.2 Å². The van der Waals surface area contributed by atoms with Crippen LogP contribution in [0.15, 0.2) is 60.0 Å². The number of thiophene rings is 1. The molecule has 1 amide bonds. The maximum atomic E-state index is 12.7. The topological polar surface area (TPSA) is 50.8 Å². The molecule has 0 radical (unpaired) electrons. The fourth-order valence-electron chi connectivity index (χ4n) is 4.47. The van der Waals surface area contributed by atoms with Crippen LogP contribution < -0.4 is 14.8 Å². The predicted octanol–water partition coefficient (Wildman–Crippen LogP) is 4.37. The van der Waals surface area contributed by atoms with E-state index in [1.807, 2.05) is 35.6 Å². The lowest BCUT2D eigenvalue weighted by atomic mass is 10.0. The van der Waals surface area contributed by atoms with E-state index in [4.69, 9.17) is 9.47 Å². The molecule has 5 nitrogen and oxygen atoms in total. The second kappa shape index (κ2) is 9.76. The second-order valence-electron chi connectivity index (χ2n) is 8.30. The van der Waals surface area contributed by atoms with Crippen molar-refractivity contribution in [3.05, 3.63) is 81.5 Å². The lowest BCUT2D eigenvalue weighted by Gasteiger charge is -2.35. The van der Waals surface area contributed by atoms with Gasteiger partial charge >= 0.3 is 0 Å². The van der Waals surface area contributed by atoms with Gasteiger partial charge in [-0.3, -0.25) is 9.69 Å². The molecule has 0 spiro atoms. The third-order valence-corrected chi connectivity index (χ3v) is 7.23. The molecule has 2 aromatic carbocycles. The molecule has 2 aliphatic rings. The molecule has 1 unspecified atom stereocenters. The molecule has 0 bridgehead atoms. The summed E-state index contributed by atoms with van der Waals surface area (Å²) in [6.07, 6.45) is 2.21. The molecule has 32 heavy (non-hydrogen) atoms. The Kier molecular flexibility index (Phi) is 6.41. The summed E-state index contributed by atoms with van der Waals surface area (Å²) in [5.41, 5.74) is 3.76. The first-order valence-corrected chi connectivity index (χ1v) is 12.1. The van der Waals surface area contributed by atoms with E-state index in [0.29, 0.717) is 32.6 Å². The number of hydrogen-bond donors (Lipinski definition) is 1. The van der Waals surface area contributed by atoms with Gasteiger partial charge in [0.05, 0.1) is 6.04 Å². The minimum atomic E-state index is 0.0778. The van der Waals surface area contributed by atoms with Gasteiger partial charge in [0.15, 0.2) is 11.5 Å². The molecule has 3 heterocycles. The van der Waals surface area contributed by atoms with Crippen molar-refractivity contribution in [3.63, 3.8) is 0 Å². The first kappa shape index (κ1) is 21.0. The smallest absolute Gasteiger partial charge is 0.220 e. The highest BCUT2D eigenvalue weighted by atomic mass is 32.1. The zero-order valence-electron chi connectivity index (χ0n) is 18.1. The number of nitrogens with zero attached hydrogens (tertiary/aromatic N) is 1. The maximum Gasteiger partial charge on any atom is 0.220 e. The Morgan fingerprint density at radius 2 is 1.91 bits per heavy atom. The molecule has 1 atom stereocenters. The highest BCUT2D eigenvalue weighted by molar-refractivity contribution is 7.10. The van der Waals surface area contributed by atoms with Crippen molar-refractivity contribution in [1.29, 1.82) is 0 Å². The van der Waals surface area contributed by atoms with E-state index >= 15 is 0 Å². The average Bonchev–Trinajstić information content (AvgIpc) is 3.31. The number of hydrogen-bond acceptors (Lipinski definition) is 5. The molecule has 166 valence electrons. The Bertz CT molecular complexity index is 1070. The average molecular weight is 449 g/mol. The fraction of sp³-hybridized carbons (Fsp3) is 0.346. The number of nitrogens with one attached hydrogen (secondary N) is 1. The van der Waals surface area contributed by atoms with Crippen molar-refractivity contribution in [2.75, 3.05) is 26.3 Å². The SMILES string of the molecule is O=C(CCc1ccc2c(c1)OCCO2)NCC(c1ccccc1)N1CCc2sccc2C1. The first-order chi connectivity index (χ1) is 15.8. The Morgan fingerprint density at radius 3 is 2.78 bits per heavy atom. The molecular formula is C26H28N2O3S. The molecule has 3 aromatic rings. The van der Waals surface area contributed by atoms with Crippen molar-refractivity contribution in [2.45, 2.75) is 31.8 Å². The number of ether oxygens (including phenoxy) is 2. The Balaban J connectivity index is 1.20. The van der Waals surface area contributed by atoms with Gasteiger partial charge in [-0.1, -0.05) is 36.4 Å². The fourth-order valence-corrected chi connectivity index (χ4v) is 5.36. The van der Waals surface area contributed by atoms with Gasteiger partial charge in [0, 0.05) is 30.9 Å². The van der Waals surface area contributed by atoms with Crippen LogP contribution in [0.25, 0.3) is 0 Å². The van der Waals surface area contributed by atoms with E-state index in [-0.39, 0.29) is 11.9 Å². The predicted molar refractivity (Wildman–Crippen MR) is 126 cm³/mol. The lowest BCUT2D eigenvalue weighted by Crippen LogP contribution is -2.40. The number of carbonyl (C=O) groups is 1. The number of carbonyl (C=O) groups excluding carboxylic acids is 1. The number of rotatable bonds is 7. The van der Waals surface area contributed by atoms with Gasteiger partial charge in [0.2, 0.25) is 5.91 Å². The Labute approximate surface area is 193 Å². The van der Waals surface area contributed by atoms with Crippen LogP contribution in [0.3, 0.4) is 0 Å². The van der Waals surface area contributed by atoms with E-state index in [1.54, 1.807) is 0 Å². The third kappa shape index (κ3) is 4.81. The molecule has 0 saturated carbocycles. The van der Waals surface area contributed by atoms with Crippen molar-refractivity contribution in [2.24, 2.45) is 0 Å². The quantitative estimate of drug-likeness (QED) is 0.583. The van der Waals surface area contributed by atoms with Gasteiger partial charge in [-0.25, -0.2) is 0 Å². The summed E-state index contributed by atoms with van der Waals surface area (Å²) in [4.78, 5) is 16.7. The van der Waals surface area contributed by atoms with Crippen LogP contribution in [0, 0.1) is 0 Å². The molecule has 2 aliphatic heterocycles. The lowest BCUT2D eigenvalue weighted by molar-refractivity contribution is -0.121. The van der Waals surface area contributed by atoms with Gasteiger partial charge in [-0.05, 0) is 53.1 Å². The number of benzene rings is 2. The molecule has 0 fully saturated rings. The van der Waals surface area contributed by atoms with Gasteiger partial charge < -0.3 is 14.8 Å². The zero-order valence-corrected chi connectivity index (χ0v) is 18.9. The summed E-state index contributed by atoms with van der Waals surface area (Å²) in [5.74, 6) is 1.63. The van der Waals surface area contributed by atoms with Crippen LogP contribution in [0.2, 0.25) is 0 Å². The van der Waals surface area contributed by atoms with Gasteiger partial charge in [-0.15, -0.1) is 11.3 Å². The van der Waals surface area contributed by atoms with Crippen molar-refractivity contribution >= 4 is 17.2 Å². The second-order valence-corrected chi connectivity index (χ2v) is 9.30. The summed E-state index contributed by atoms with van der Waals surface area (Å²) in [6, 6.07) is 18.9. The Hall–Kier alpha value is -2.83. The number of amides is 1. The standard InChI is InChI=1S/C26H28N2O3S/c29-26(9-7-19-6-8-23-24(16-19)31-14-13-30-23)27-17-22(20-4-2-1-3-5-20)28-12-10-25-21(18-28)11-15-32-25/h1-6,8,11,15-16,22H,7,9-10,12-14,17-18H2,(H,27,29). The minimum absolute atomic E-state index is 0.0778. The highest BCUT2D eigenvalue weighted by Gasteiger charge is 2.25. The van der Waals surface area contributed by atoms with E-state index in [0.717, 1.165) is 36.6 Å². The van der Waals surface area contributed by atoms with E-state index in [2.05, 4.69) is 45.9 Å². The van der Waals surface area contributed by atoms with E-state index in [1.165, 1.54) is 16.0 Å². The molecule has 0 saturated heterocycles. The molecule has 5 rings (SSSR count). The summed E-state index contributed by atoms with van der Waals surface area (Å²) < 4.78 is 11.2. The maximum absolute atomic E-state index is 12.7. The van der Waals surface area contributed by atoms with Crippen LogP contribution in [0.1, 0.15) is 34.0 Å². The minimum Gasteiger partial charge on any atom is -0.486 e. The van der Waals surface area contributed by atoms with Gasteiger partial charge in [0.25, 0.3) is 0 Å². The number of fused-ring (bicyclic) bond motifs is 2. The molecule has 1 aromatic heterocycles. The van der Waals surface area contributed by atoms with E-state index in [9.17, 15) is 4.79 Å². The molecular weight excluding hydrogens is 420 g/mol. The van der Waals surface area contributed by atoms with E-state index < -0.39 is 0 Å². The van der Waals surface area contributed by atoms with Crippen LogP contribution >= 0.6 is 11.3 Å².